The molecule has 31 heavy (non-hydrogen) atoms. The number of aromatic amines is 1. The largest absolute Gasteiger partial charge is 0.381 e. The van der Waals surface area contributed by atoms with Crippen molar-refractivity contribution in [2.24, 2.45) is 5.10 Å². The molecule has 0 unspecified atom stereocenters. The van der Waals surface area contributed by atoms with Crippen molar-refractivity contribution >= 4 is 23.4 Å². The fourth-order valence-corrected chi connectivity index (χ4v) is 3.40. The number of hydrogen-bond donors (Lipinski definition) is 3. The number of nitrogens with zero attached hydrogens (tertiary/aromatic N) is 2. The minimum atomic E-state index is -0.351. The lowest BCUT2D eigenvalue weighted by molar-refractivity contribution is -0.116. The highest BCUT2D eigenvalue weighted by Crippen LogP contribution is 2.24. The van der Waals surface area contributed by atoms with E-state index in [2.05, 4.69) is 27.5 Å². The number of aromatic nitrogens is 2. The Morgan fingerprint density at radius 2 is 1.84 bits per heavy atom. The zero-order valence-corrected chi connectivity index (χ0v) is 17.4. The molecule has 1 amide bonds. The average molecular weight is 413 g/mol. The first-order valence-electron chi connectivity index (χ1n) is 9.90. The van der Waals surface area contributed by atoms with Gasteiger partial charge in [-0.05, 0) is 38.1 Å². The number of hydrazone groups is 1. The molecule has 7 heteroatoms. The number of hydrogen-bond acceptors (Lipinski definition) is 4. The van der Waals surface area contributed by atoms with Gasteiger partial charge in [0, 0.05) is 23.5 Å². The van der Waals surface area contributed by atoms with E-state index in [1.54, 1.807) is 13.0 Å². The Bertz CT molecular complexity index is 1280. The Morgan fingerprint density at radius 3 is 2.58 bits per heavy atom. The normalized spacial score (nSPS) is 14.5. The maximum atomic E-state index is 13.1. The fraction of sp³-hybridized carbons (Fsp3) is 0.125. The predicted molar refractivity (Wildman–Crippen MR) is 124 cm³/mol. The van der Waals surface area contributed by atoms with E-state index in [4.69, 9.17) is 0 Å². The molecule has 3 aromatic rings. The van der Waals surface area contributed by atoms with E-state index in [1.807, 2.05) is 61.5 Å². The van der Waals surface area contributed by atoms with E-state index < -0.39 is 0 Å². The number of H-pyrrole nitrogens is 1. The zero-order chi connectivity index (χ0) is 22.0. The fourth-order valence-electron chi connectivity index (χ4n) is 3.40. The third-order valence-corrected chi connectivity index (χ3v) is 4.95. The monoisotopic (exact) mass is 413 g/mol. The molecule has 0 atom stereocenters. The summed E-state index contributed by atoms with van der Waals surface area (Å²) < 4.78 is 1.47. The quantitative estimate of drug-likeness (QED) is 0.427. The van der Waals surface area contributed by atoms with Gasteiger partial charge in [-0.1, -0.05) is 48.6 Å². The van der Waals surface area contributed by atoms with E-state index in [0.29, 0.717) is 29.1 Å². The molecule has 0 saturated carbocycles. The Labute approximate surface area is 179 Å². The standard InChI is InChI=1S/C24H23N5O2/c1-15(2)14-25-21-12-8-7-11-18(21)22-20(23(30)27-26-22)13-19-16(3)28-29(24(19)31)17-9-5-4-6-10-17/h4-13,25,28H,1,14H2,2-3H3,(H,27,30)/b20-13+. The Hall–Kier alpha value is -4.13. The third kappa shape index (κ3) is 3.98. The van der Waals surface area contributed by atoms with Crippen LogP contribution < -0.4 is 16.3 Å². The van der Waals surface area contributed by atoms with E-state index in [-0.39, 0.29) is 11.5 Å². The molecular weight excluding hydrogens is 390 g/mol. The molecule has 2 aromatic carbocycles. The summed E-state index contributed by atoms with van der Waals surface area (Å²) in [6.07, 6.45) is 1.60. The second-order valence-electron chi connectivity index (χ2n) is 7.44. The van der Waals surface area contributed by atoms with Gasteiger partial charge in [0.05, 0.1) is 16.8 Å². The van der Waals surface area contributed by atoms with Crippen LogP contribution >= 0.6 is 0 Å². The molecule has 0 bridgehead atoms. The summed E-state index contributed by atoms with van der Waals surface area (Å²) in [6, 6.07) is 16.9. The summed E-state index contributed by atoms with van der Waals surface area (Å²) in [7, 11) is 0. The second kappa shape index (κ2) is 8.31. The van der Waals surface area contributed by atoms with Crippen molar-refractivity contribution < 1.29 is 4.79 Å². The van der Waals surface area contributed by atoms with Crippen LogP contribution in [-0.2, 0) is 4.79 Å². The average Bonchev–Trinajstić information content (AvgIpc) is 3.27. The Morgan fingerprint density at radius 1 is 1.13 bits per heavy atom. The highest BCUT2D eigenvalue weighted by Gasteiger charge is 2.27. The number of benzene rings is 2. The van der Waals surface area contributed by atoms with Crippen molar-refractivity contribution in [2.45, 2.75) is 13.8 Å². The maximum absolute atomic E-state index is 13.1. The molecule has 1 aromatic heterocycles. The second-order valence-corrected chi connectivity index (χ2v) is 7.44. The summed E-state index contributed by atoms with van der Waals surface area (Å²) in [6.45, 7) is 8.26. The molecule has 0 saturated heterocycles. The third-order valence-electron chi connectivity index (χ3n) is 4.95. The van der Waals surface area contributed by atoms with Crippen molar-refractivity contribution in [3.63, 3.8) is 0 Å². The number of anilines is 1. The van der Waals surface area contributed by atoms with Crippen LogP contribution in [0.25, 0.3) is 11.8 Å². The van der Waals surface area contributed by atoms with Gasteiger partial charge in [-0.3, -0.25) is 14.7 Å². The van der Waals surface area contributed by atoms with Gasteiger partial charge in [0.15, 0.2) is 0 Å². The van der Waals surface area contributed by atoms with Crippen LogP contribution in [0.5, 0.6) is 0 Å². The molecule has 2 heterocycles. The number of aryl methyl sites for hydroxylation is 1. The first-order valence-corrected chi connectivity index (χ1v) is 9.90. The van der Waals surface area contributed by atoms with Gasteiger partial charge < -0.3 is 5.32 Å². The molecule has 0 radical (unpaired) electrons. The van der Waals surface area contributed by atoms with Crippen molar-refractivity contribution in [3.8, 4) is 5.69 Å². The SMILES string of the molecule is C=C(C)CNc1ccccc1C1=NNC(=O)/C1=C/c1c(C)[nH]n(-c2ccccc2)c1=O. The minimum absolute atomic E-state index is 0.232. The lowest BCUT2D eigenvalue weighted by Crippen LogP contribution is -2.18. The van der Waals surface area contributed by atoms with Gasteiger partial charge in [-0.15, -0.1) is 0 Å². The summed E-state index contributed by atoms with van der Waals surface area (Å²) in [4.78, 5) is 25.7. The molecule has 0 spiro atoms. The number of carbonyl (C=O) groups is 1. The first kappa shape index (κ1) is 20.2. The van der Waals surface area contributed by atoms with E-state index in [0.717, 1.165) is 22.5 Å². The maximum Gasteiger partial charge on any atom is 0.278 e. The molecule has 0 aliphatic carbocycles. The van der Waals surface area contributed by atoms with Crippen LogP contribution in [0.15, 0.2) is 82.2 Å². The first-order chi connectivity index (χ1) is 15.0. The molecule has 1 aliphatic heterocycles. The van der Waals surface area contributed by atoms with Crippen molar-refractivity contribution in [3.05, 3.63) is 99.5 Å². The lowest BCUT2D eigenvalue weighted by atomic mass is 9.99. The van der Waals surface area contributed by atoms with Gasteiger partial charge >= 0.3 is 0 Å². The summed E-state index contributed by atoms with van der Waals surface area (Å²) in [5, 5.41) is 10.6. The number of para-hydroxylation sites is 2. The van der Waals surface area contributed by atoms with Crippen molar-refractivity contribution in [1.29, 1.82) is 0 Å². The van der Waals surface area contributed by atoms with Gasteiger partial charge in [0.1, 0.15) is 5.71 Å². The number of carbonyl (C=O) groups excluding carboxylic acids is 1. The van der Waals surface area contributed by atoms with Crippen LogP contribution in [-0.4, -0.2) is 27.9 Å². The highest BCUT2D eigenvalue weighted by atomic mass is 16.2. The lowest BCUT2D eigenvalue weighted by Gasteiger charge is -2.12. The van der Waals surface area contributed by atoms with Crippen LogP contribution in [0.4, 0.5) is 5.69 Å². The molecule has 0 fully saturated rings. The molecule has 1 aliphatic rings. The predicted octanol–water partition coefficient (Wildman–Crippen LogP) is 3.38. The topological polar surface area (TPSA) is 91.3 Å². The Balaban J connectivity index is 1.77. The van der Waals surface area contributed by atoms with E-state index >= 15 is 0 Å². The number of rotatable bonds is 6. The Kier molecular flexibility index (Phi) is 5.41. The molecule has 7 nitrogen and oxygen atoms in total. The highest BCUT2D eigenvalue weighted by molar-refractivity contribution is 6.34. The number of amides is 1. The van der Waals surface area contributed by atoms with Gasteiger partial charge in [0.2, 0.25) is 0 Å². The van der Waals surface area contributed by atoms with Crippen LogP contribution in [0.1, 0.15) is 23.7 Å². The van der Waals surface area contributed by atoms with E-state index in [9.17, 15) is 9.59 Å². The molecular formula is C24H23N5O2. The summed E-state index contributed by atoms with van der Waals surface area (Å²) in [5.74, 6) is -0.351. The van der Waals surface area contributed by atoms with Gasteiger partial charge in [-0.2, -0.15) is 5.10 Å². The number of nitrogens with one attached hydrogen (secondary N) is 3. The molecule has 156 valence electrons. The molecule has 3 N–H and O–H groups in total. The van der Waals surface area contributed by atoms with Crippen LogP contribution in [0.3, 0.4) is 0 Å². The van der Waals surface area contributed by atoms with E-state index in [1.165, 1.54) is 4.68 Å². The smallest absolute Gasteiger partial charge is 0.278 e. The zero-order valence-electron chi connectivity index (χ0n) is 17.4. The van der Waals surface area contributed by atoms with Gasteiger partial charge in [-0.25, -0.2) is 10.1 Å². The molecule has 4 rings (SSSR count). The summed E-state index contributed by atoms with van der Waals surface area (Å²) >= 11 is 0. The van der Waals surface area contributed by atoms with Crippen LogP contribution in [0.2, 0.25) is 0 Å². The van der Waals surface area contributed by atoms with Crippen LogP contribution in [0, 0.1) is 6.92 Å². The minimum Gasteiger partial charge on any atom is -0.381 e. The van der Waals surface area contributed by atoms with Crippen molar-refractivity contribution in [1.82, 2.24) is 15.2 Å². The van der Waals surface area contributed by atoms with Crippen molar-refractivity contribution in [2.75, 3.05) is 11.9 Å². The van der Waals surface area contributed by atoms with Gasteiger partial charge in [0.25, 0.3) is 11.5 Å². The summed E-state index contributed by atoms with van der Waals surface area (Å²) in [5.41, 5.74) is 7.50.